The molecule has 5 rings (SSSR count). The summed E-state index contributed by atoms with van der Waals surface area (Å²) in [6, 6.07) is 25.4. The molecule has 4 aromatic carbocycles. The van der Waals surface area contributed by atoms with E-state index in [4.69, 9.17) is 4.74 Å². The maximum atomic E-state index is 11.1. The van der Waals surface area contributed by atoms with Crippen LogP contribution >= 0.6 is 11.8 Å². The van der Waals surface area contributed by atoms with Crippen molar-refractivity contribution in [3.8, 4) is 22.6 Å². The van der Waals surface area contributed by atoms with Crippen LogP contribution in [0, 0.1) is 0 Å². The van der Waals surface area contributed by atoms with Crippen LogP contribution in [0.25, 0.3) is 21.9 Å². The van der Waals surface area contributed by atoms with E-state index in [1.54, 1.807) is 18.9 Å². The smallest absolute Gasteiger partial charge is 0.133 e. The Balaban J connectivity index is 1.77. The number of phenolic OH excluding ortho intramolecular Hbond substituents is 1. The molecule has 0 spiro atoms. The zero-order valence-corrected chi connectivity index (χ0v) is 20.0. The van der Waals surface area contributed by atoms with Gasteiger partial charge in [-0.25, -0.2) is 0 Å². The fourth-order valence-corrected chi connectivity index (χ4v) is 5.95. The van der Waals surface area contributed by atoms with Crippen LogP contribution in [0.4, 0.5) is 0 Å². The molecule has 33 heavy (non-hydrogen) atoms. The summed E-state index contributed by atoms with van der Waals surface area (Å²) in [4.78, 5) is 2.24. The van der Waals surface area contributed by atoms with Gasteiger partial charge in [0.2, 0.25) is 0 Å². The number of fused-ring (bicyclic) bond motifs is 5. The summed E-state index contributed by atoms with van der Waals surface area (Å²) in [7, 11) is 1.70. The van der Waals surface area contributed by atoms with E-state index in [-0.39, 0.29) is 0 Å². The Labute approximate surface area is 200 Å². The van der Waals surface area contributed by atoms with Gasteiger partial charge >= 0.3 is 0 Å². The van der Waals surface area contributed by atoms with E-state index >= 15 is 0 Å². The van der Waals surface area contributed by atoms with Gasteiger partial charge in [0.1, 0.15) is 11.5 Å². The molecule has 0 heterocycles. The van der Waals surface area contributed by atoms with Crippen molar-refractivity contribution in [3.63, 3.8) is 0 Å². The summed E-state index contributed by atoms with van der Waals surface area (Å²) < 4.78 is 5.76. The number of aromatic hydroxyl groups is 1. The quantitative estimate of drug-likeness (QED) is 0.337. The Morgan fingerprint density at radius 3 is 2.21 bits per heavy atom. The second kappa shape index (κ2) is 9.93. The van der Waals surface area contributed by atoms with Crippen LogP contribution in [0.2, 0.25) is 0 Å². The Bertz CT molecular complexity index is 1260. The van der Waals surface area contributed by atoms with Crippen LogP contribution < -0.4 is 4.74 Å². The van der Waals surface area contributed by atoms with Crippen molar-refractivity contribution >= 4 is 22.5 Å². The van der Waals surface area contributed by atoms with Crippen LogP contribution in [0.5, 0.6) is 11.5 Å². The molecular formula is C30H30O2S. The summed E-state index contributed by atoms with van der Waals surface area (Å²) in [5, 5.41) is 13.0. The van der Waals surface area contributed by atoms with Crippen LogP contribution in [-0.2, 0) is 12.8 Å². The summed E-state index contributed by atoms with van der Waals surface area (Å²) >= 11 is 1.70. The average molecular weight is 455 g/mol. The lowest BCUT2D eigenvalue weighted by Gasteiger charge is -2.19. The highest BCUT2D eigenvalue weighted by Gasteiger charge is 2.19. The third kappa shape index (κ3) is 4.60. The predicted molar refractivity (Wildman–Crippen MR) is 139 cm³/mol. The second-order valence-electron chi connectivity index (χ2n) is 8.82. The Hall–Kier alpha value is -2.91. The van der Waals surface area contributed by atoms with Crippen LogP contribution in [0.1, 0.15) is 43.2 Å². The number of hydrogen-bond acceptors (Lipinski definition) is 3. The van der Waals surface area contributed by atoms with Gasteiger partial charge in [-0.3, -0.25) is 0 Å². The van der Waals surface area contributed by atoms with Gasteiger partial charge in [-0.05, 0) is 83.7 Å². The molecule has 0 fully saturated rings. The normalized spacial score (nSPS) is 14.2. The molecule has 1 aliphatic rings. The number of hydrogen-bond donors (Lipinski definition) is 1. The minimum Gasteiger partial charge on any atom is -0.507 e. The molecule has 0 aromatic heterocycles. The van der Waals surface area contributed by atoms with Gasteiger partial charge in [0.05, 0.1) is 12.0 Å². The van der Waals surface area contributed by atoms with E-state index in [1.165, 1.54) is 52.8 Å². The van der Waals surface area contributed by atoms with Crippen molar-refractivity contribution in [2.24, 2.45) is 0 Å². The van der Waals surface area contributed by atoms with Gasteiger partial charge in [0, 0.05) is 10.3 Å². The molecule has 0 unspecified atom stereocenters. The molecule has 0 amide bonds. The zero-order chi connectivity index (χ0) is 22.6. The van der Waals surface area contributed by atoms with Crippen molar-refractivity contribution in [2.45, 2.75) is 54.7 Å². The molecule has 2 nitrogen and oxygen atoms in total. The Morgan fingerprint density at radius 1 is 0.727 bits per heavy atom. The highest BCUT2D eigenvalue weighted by molar-refractivity contribution is 7.99. The van der Waals surface area contributed by atoms with Crippen molar-refractivity contribution in [2.75, 3.05) is 7.11 Å². The standard InChI is InChI=1S/C30H30O2S/c1-32-28-19-25-26(20-29(28)33-23-15-8-5-9-16-23)30-22(18-27(25)31)14-7-4-2-3-6-12-21-13-10-11-17-24(21)30/h5,8-11,13,15-20,31H,2-4,6-7,12,14H2,1H3. The number of ether oxygens (including phenoxy) is 1. The van der Waals surface area contributed by atoms with Gasteiger partial charge in [0.25, 0.3) is 0 Å². The van der Waals surface area contributed by atoms with Gasteiger partial charge in [-0.1, -0.05) is 73.5 Å². The molecular weight excluding hydrogens is 424 g/mol. The predicted octanol–water partition coefficient (Wildman–Crippen LogP) is 8.42. The largest absolute Gasteiger partial charge is 0.507 e. The molecule has 0 aliphatic heterocycles. The van der Waals surface area contributed by atoms with E-state index in [9.17, 15) is 5.11 Å². The fourth-order valence-electron chi connectivity index (χ4n) is 4.98. The Kier molecular flexibility index (Phi) is 6.59. The van der Waals surface area contributed by atoms with E-state index in [0.717, 1.165) is 40.7 Å². The van der Waals surface area contributed by atoms with Gasteiger partial charge in [-0.15, -0.1) is 0 Å². The molecule has 0 saturated carbocycles. The molecule has 0 atom stereocenters. The highest BCUT2D eigenvalue weighted by atomic mass is 32.2. The van der Waals surface area contributed by atoms with Gasteiger partial charge < -0.3 is 9.84 Å². The summed E-state index contributed by atoms with van der Waals surface area (Å²) in [6.45, 7) is 0. The van der Waals surface area contributed by atoms with E-state index < -0.39 is 0 Å². The van der Waals surface area contributed by atoms with Gasteiger partial charge in [0.15, 0.2) is 0 Å². The molecule has 1 aliphatic carbocycles. The third-order valence-corrected chi connectivity index (χ3v) is 7.68. The molecule has 1 N–H and O–H groups in total. The van der Waals surface area contributed by atoms with E-state index in [1.807, 2.05) is 18.2 Å². The SMILES string of the molecule is COc1cc2c(O)cc3c(c2cc1Sc1ccccc1)-c1ccccc1CCCCCCC3. The minimum atomic E-state index is 0.339. The first-order chi connectivity index (χ1) is 16.2. The first-order valence-corrected chi connectivity index (χ1v) is 12.7. The second-order valence-corrected chi connectivity index (χ2v) is 9.93. The molecule has 0 bridgehead atoms. The van der Waals surface area contributed by atoms with Gasteiger partial charge in [-0.2, -0.15) is 0 Å². The molecule has 3 heteroatoms. The van der Waals surface area contributed by atoms with E-state index in [0.29, 0.717) is 5.75 Å². The van der Waals surface area contributed by atoms with Crippen molar-refractivity contribution < 1.29 is 9.84 Å². The first kappa shape index (κ1) is 21.9. The molecule has 4 aromatic rings. The van der Waals surface area contributed by atoms with Crippen molar-refractivity contribution in [3.05, 3.63) is 83.9 Å². The first-order valence-electron chi connectivity index (χ1n) is 11.9. The van der Waals surface area contributed by atoms with Crippen LogP contribution in [0.15, 0.2) is 82.6 Å². The average Bonchev–Trinajstić information content (AvgIpc) is 2.88. The topological polar surface area (TPSA) is 29.5 Å². The van der Waals surface area contributed by atoms with Crippen molar-refractivity contribution in [1.82, 2.24) is 0 Å². The number of phenols is 1. The number of aryl methyl sites for hydroxylation is 2. The number of benzene rings is 4. The lowest BCUT2D eigenvalue weighted by Crippen LogP contribution is -1.97. The van der Waals surface area contributed by atoms with Crippen molar-refractivity contribution in [1.29, 1.82) is 0 Å². The number of methoxy groups -OCH3 is 1. The summed E-state index contributed by atoms with van der Waals surface area (Å²) in [5.74, 6) is 1.13. The lowest BCUT2D eigenvalue weighted by molar-refractivity contribution is 0.405. The summed E-state index contributed by atoms with van der Waals surface area (Å²) in [6.07, 6.45) is 8.28. The summed E-state index contributed by atoms with van der Waals surface area (Å²) in [5.41, 5.74) is 5.23. The highest BCUT2D eigenvalue weighted by Crippen LogP contribution is 2.45. The minimum absolute atomic E-state index is 0.339. The van der Waals surface area contributed by atoms with Crippen LogP contribution in [0.3, 0.4) is 0 Å². The van der Waals surface area contributed by atoms with Crippen LogP contribution in [-0.4, -0.2) is 12.2 Å². The maximum absolute atomic E-state index is 11.1. The Morgan fingerprint density at radius 2 is 1.42 bits per heavy atom. The number of rotatable bonds is 3. The molecule has 0 saturated heterocycles. The maximum Gasteiger partial charge on any atom is 0.133 e. The van der Waals surface area contributed by atoms with E-state index in [2.05, 4.69) is 54.6 Å². The third-order valence-electron chi connectivity index (χ3n) is 6.63. The lowest BCUT2D eigenvalue weighted by atomic mass is 9.87. The molecule has 168 valence electrons. The molecule has 0 radical (unpaired) electrons. The zero-order valence-electron chi connectivity index (χ0n) is 19.1. The monoisotopic (exact) mass is 454 g/mol. The fraction of sp³-hybridized carbons (Fsp3) is 0.267.